The van der Waals surface area contributed by atoms with Gasteiger partial charge in [0.1, 0.15) is 0 Å². The molecule has 3 heteroatoms. The van der Waals surface area contributed by atoms with E-state index in [1.54, 1.807) is 11.3 Å². The molecule has 1 aromatic carbocycles. The van der Waals surface area contributed by atoms with Crippen LogP contribution in [0.4, 0.5) is 0 Å². The molecule has 1 unspecified atom stereocenters. The molecule has 0 saturated heterocycles. The largest absolute Gasteiger partial charge is 0.271 e. The number of rotatable bonds is 6. The van der Waals surface area contributed by atoms with Crippen LogP contribution in [0, 0.1) is 6.92 Å². The third-order valence-corrected chi connectivity index (χ3v) is 5.58. The average molecular weight is 288 g/mol. The summed E-state index contributed by atoms with van der Waals surface area (Å²) in [6.07, 6.45) is 2.11. The number of benzene rings is 1. The molecule has 0 aliphatic rings. The monoisotopic (exact) mass is 288 g/mol. The molecule has 108 valence electrons. The second-order valence-corrected chi connectivity index (χ2v) is 6.24. The highest BCUT2D eigenvalue weighted by atomic mass is 32.1. The van der Waals surface area contributed by atoms with Crippen LogP contribution in [0.15, 0.2) is 41.8 Å². The van der Waals surface area contributed by atoms with Crippen molar-refractivity contribution in [3.63, 3.8) is 0 Å². The maximum Gasteiger partial charge on any atom is 0.0652 e. The average Bonchev–Trinajstić information content (AvgIpc) is 2.91. The van der Waals surface area contributed by atoms with Gasteiger partial charge in [-0.2, -0.15) is 0 Å². The van der Waals surface area contributed by atoms with Gasteiger partial charge in [-0.1, -0.05) is 44.2 Å². The van der Waals surface area contributed by atoms with Gasteiger partial charge in [-0.25, -0.2) is 0 Å². The summed E-state index contributed by atoms with van der Waals surface area (Å²) in [5.74, 6) is 5.96. The Kier molecular flexibility index (Phi) is 4.97. The maximum absolute atomic E-state index is 5.96. The van der Waals surface area contributed by atoms with Crippen LogP contribution in [0.5, 0.6) is 0 Å². The molecule has 2 nitrogen and oxygen atoms in total. The highest BCUT2D eigenvalue weighted by molar-refractivity contribution is 7.10. The highest BCUT2D eigenvalue weighted by Crippen LogP contribution is 2.44. The first-order valence-corrected chi connectivity index (χ1v) is 8.13. The van der Waals surface area contributed by atoms with E-state index in [0.29, 0.717) is 0 Å². The lowest BCUT2D eigenvalue weighted by molar-refractivity contribution is 0.279. The van der Waals surface area contributed by atoms with E-state index in [1.807, 2.05) is 0 Å². The van der Waals surface area contributed by atoms with Gasteiger partial charge in [0.15, 0.2) is 0 Å². The highest BCUT2D eigenvalue weighted by Gasteiger charge is 2.39. The van der Waals surface area contributed by atoms with Crippen LogP contribution in [0.25, 0.3) is 0 Å². The van der Waals surface area contributed by atoms with E-state index in [-0.39, 0.29) is 11.5 Å². The van der Waals surface area contributed by atoms with Gasteiger partial charge in [-0.05, 0) is 42.3 Å². The van der Waals surface area contributed by atoms with Gasteiger partial charge in [0.25, 0.3) is 0 Å². The van der Waals surface area contributed by atoms with Crippen LogP contribution in [-0.2, 0) is 5.41 Å². The smallest absolute Gasteiger partial charge is 0.0652 e. The molecule has 1 heterocycles. The van der Waals surface area contributed by atoms with Crippen LogP contribution in [0.1, 0.15) is 48.7 Å². The zero-order valence-electron chi connectivity index (χ0n) is 12.5. The third kappa shape index (κ3) is 2.53. The molecule has 0 aliphatic heterocycles. The number of nitrogens with two attached hydrogens (primary N) is 1. The lowest BCUT2D eigenvalue weighted by atomic mass is 9.69. The van der Waals surface area contributed by atoms with Gasteiger partial charge in [-0.15, -0.1) is 11.3 Å². The standard InChI is InChI=1S/C17H24N2S/c1-4-17(5-2,14-9-7-6-8-10-14)16(19-18)15-13(3)11-12-20-15/h6-12,16,19H,4-5,18H2,1-3H3. The summed E-state index contributed by atoms with van der Waals surface area (Å²) in [6.45, 7) is 6.67. The maximum atomic E-state index is 5.96. The quantitative estimate of drug-likeness (QED) is 0.613. The lowest BCUT2D eigenvalue weighted by Crippen LogP contribution is -2.44. The van der Waals surface area contributed by atoms with E-state index in [2.05, 4.69) is 68.0 Å². The number of nitrogens with one attached hydrogen (secondary N) is 1. The fourth-order valence-electron chi connectivity index (χ4n) is 3.17. The first kappa shape index (κ1) is 15.2. The van der Waals surface area contributed by atoms with Crippen molar-refractivity contribution >= 4 is 11.3 Å². The summed E-state index contributed by atoms with van der Waals surface area (Å²) in [5.41, 5.74) is 5.81. The van der Waals surface area contributed by atoms with Gasteiger partial charge in [0.2, 0.25) is 0 Å². The molecule has 0 aliphatic carbocycles. The van der Waals surface area contributed by atoms with Gasteiger partial charge in [0, 0.05) is 10.3 Å². The van der Waals surface area contributed by atoms with Crippen LogP contribution in [0.3, 0.4) is 0 Å². The second kappa shape index (κ2) is 6.53. The van der Waals surface area contributed by atoms with Crippen LogP contribution < -0.4 is 11.3 Å². The summed E-state index contributed by atoms with van der Waals surface area (Å²) in [5, 5.41) is 2.15. The molecule has 1 atom stereocenters. The van der Waals surface area contributed by atoms with E-state index < -0.39 is 0 Å². The van der Waals surface area contributed by atoms with E-state index >= 15 is 0 Å². The summed E-state index contributed by atoms with van der Waals surface area (Å²) in [7, 11) is 0. The van der Waals surface area contributed by atoms with E-state index in [0.717, 1.165) is 12.8 Å². The van der Waals surface area contributed by atoms with Crippen molar-refractivity contribution in [1.82, 2.24) is 5.43 Å². The van der Waals surface area contributed by atoms with Gasteiger partial charge >= 0.3 is 0 Å². The summed E-state index contributed by atoms with van der Waals surface area (Å²) in [6, 6.07) is 13.1. The Balaban J connectivity index is 2.54. The van der Waals surface area contributed by atoms with Gasteiger partial charge in [-0.3, -0.25) is 11.3 Å². The zero-order valence-corrected chi connectivity index (χ0v) is 13.3. The van der Waals surface area contributed by atoms with Crippen molar-refractivity contribution in [2.24, 2.45) is 5.84 Å². The Morgan fingerprint density at radius 1 is 1.15 bits per heavy atom. The lowest BCUT2D eigenvalue weighted by Gasteiger charge is -2.40. The predicted molar refractivity (Wildman–Crippen MR) is 87.8 cm³/mol. The predicted octanol–water partition coefficient (Wildman–Crippen LogP) is 4.32. The Labute approximate surface area is 126 Å². The summed E-state index contributed by atoms with van der Waals surface area (Å²) < 4.78 is 0. The Hall–Kier alpha value is -1.16. The van der Waals surface area contributed by atoms with Crippen molar-refractivity contribution in [2.75, 3.05) is 0 Å². The minimum absolute atomic E-state index is 0.0334. The topological polar surface area (TPSA) is 38.0 Å². The molecular weight excluding hydrogens is 264 g/mol. The van der Waals surface area contributed by atoms with Crippen molar-refractivity contribution in [1.29, 1.82) is 0 Å². The molecule has 0 fully saturated rings. The SMILES string of the molecule is CCC(CC)(c1ccccc1)C(NN)c1sccc1C. The minimum atomic E-state index is 0.0334. The molecule has 20 heavy (non-hydrogen) atoms. The number of thiophene rings is 1. The second-order valence-electron chi connectivity index (χ2n) is 5.30. The van der Waals surface area contributed by atoms with Crippen molar-refractivity contribution < 1.29 is 0 Å². The van der Waals surface area contributed by atoms with E-state index in [9.17, 15) is 0 Å². The van der Waals surface area contributed by atoms with Crippen LogP contribution in [-0.4, -0.2) is 0 Å². The van der Waals surface area contributed by atoms with Gasteiger partial charge in [0.05, 0.1) is 6.04 Å². The summed E-state index contributed by atoms with van der Waals surface area (Å²) >= 11 is 1.79. The molecular formula is C17H24N2S. The third-order valence-electron chi connectivity index (χ3n) is 4.49. The first-order valence-electron chi connectivity index (χ1n) is 7.25. The molecule has 0 spiro atoms. The zero-order chi connectivity index (χ0) is 14.6. The molecule has 0 radical (unpaired) electrons. The minimum Gasteiger partial charge on any atom is -0.271 e. The number of hydrogen-bond donors (Lipinski definition) is 2. The molecule has 2 rings (SSSR count). The molecule has 0 saturated carbocycles. The van der Waals surface area contributed by atoms with E-state index in [4.69, 9.17) is 5.84 Å². The van der Waals surface area contributed by atoms with Crippen LogP contribution >= 0.6 is 11.3 Å². The first-order chi connectivity index (χ1) is 9.69. The Morgan fingerprint density at radius 2 is 1.80 bits per heavy atom. The number of aryl methyl sites for hydroxylation is 1. The molecule has 2 aromatic rings. The van der Waals surface area contributed by atoms with Gasteiger partial charge < -0.3 is 0 Å². The fourth-order valence-corrected chi connectivity index (χ4v) is 4.27. The molecule has 1 aromatic heterocycles. The number of hydrazine groups is 1. The Bertz CT molecular complexity index is 529. The molecule has 0 amide bonds. The van der Waals surface area contributed by atoms with Crippen molar-refractivity contribution in [3.05, 3.63) is 57.8 Å². The number of hydrogen-bond acceptors (Lipinski definition) is 3. The normalized spacial score (nSPS) is 13.4. The Morgan fingerprint density at radius 3 is 2.25 bits per heavy atom. The van der Waals surface area contributed by atoms with E-state index in [1.165, 1.54) is 16.0 Å². The fraction of sp³-hybridized carbons (Fsp3) is 0.412. The van der Waals surface area contributed by atoms with Crippen molar-refractivity contribution in [3.8, 4) is 0 Å². The van der Waals surface area contributed by atoms with Crippen molar-refractivity contribution in [2.45, 2.75) is 45.1 Å². The summed E-state index contributed by atoms with van der Waals surface area (Å²) in [4.78, 5) is 1.35. The van der Waals surface area contributed by atoms with Crippen LogP contribution in [0.2, 0.25) is 0 Å². The molecule has 3 N–H and O–H groups in total. The molecule has 0 bridgehead atoms.